The number of primary amides is 1. The summed E-state index contributed by atoms with van der Waals surface area (Å²) in [5.41, 5.74) is 7.19. The van der Waals surface area contributed by atoms with Crippen molar-refractivity contribution in [2.45, 2.75) is 0 Å². The van der Waals surface area contributed by atoms with Gasteiger partial charge in [-0.05, 0) is 12.1 Å². The summed E-state index contributed by atoms with van der Waals surface area (Å²) in [5.74, 6) is 0.238. The first kappa shape index (κ1) is 10.6. The maximum absolute atomic E-state index is 11.4. The molecule has 0 spiro atoms. The van der Waals surface area contributed by atoms with Crippen molar-refractivity contribution in [3.63, 3.8) is 0 Å². The van der Waals surface area contributed by atoms with Crippen molar-refractivity contribution in [1.82, 2.24) is 9.38 Å². The van der Waals surface area contributed by atoms with Crippen LogP contribution in [0.2, 0.25) is 0 Å². The summed E-state index contributed by atoms with van der Waals surface area (Å²) >= 11 is 0. The van der Waals surface area contributed by atoms with Crippen molar-refractivity contribution in [2.75, 3.05) is 7.11 Å². The number of imidazole rings is 1. The third kappa shape index (κ3) is 1.34. The minimum atomic E-state index is -0.490. The molecule has 2 heterocycles. The molecule has 0 aliphatic carbocycles. The number of amides is 1. The van der Waals surface area contributed by atoms with Gasteiger partial charge in [0.15, 0.2) is 0 Å². The highest BCUT2D eigenvalue weighted by atomic mass is 16.5. The van der Waals surface area contributed by atoms with Gasteiger partial charge >= 0.3 is 0 Å². The second kappa shape index (κ2) is 3.73. The van der Waals surface area contributed by atoms with Gasteiger partial charge in [-0.2, -0.15) is 0 Å². The van der Waals surface area contributed by atoms with E-state index in [1.54, 1.807) is 25.6 Å². The molecule has 1 amide bonds. The number of benzene rings is 1. The lowest BCUT2D eigenvalue weighted by Gasteiger charge is -2.09. The number of rotatable bonds is 2. The van der Waals surface area contributed by atoms with Crippen LogP contribution in [0.25, 0.3) is 16.6 Å². The van der Waals surface area contributed by atoms with E-state index < -0.39 is 5.91 Å². The molecule has 1 aromatic carbocycles. The lowest BCUT2D eigenvalue weighted by molar-refractivity contribution is 0.100. The zero-order chi connectivity index (χ0) is 12.7. The maximum Gasteiger partial charge on any atom is 0.252 e. The molecule has 3 aromatic rings. The normalized spacial score (nSPS) is 10.9. The van der Waals surface area contributed by atoms with Crippen LogP contribution >= 0.6 is 0 Å². The Morgan fingerprint density at radius 2 is 2.28 bits per heavy atom. The van der Waals surface area contributed by atoms with Crippen LogP contribution in [0.4, 0.5) is 0 Å². The topological polar surface area (TPSA) is 69.6 Å². The Bertz CT molecular complexity index is 761. The highest BCUT2D eigenvalue weighted by Crippen LogP contribution is 2.28. The highest BCUT2D eigenvalue weighted by molar-refractivity contribution is 6.03. The molecule has 0 saturated carbocycles. The van der Waals surface area contributed by atoms with E-state index in [9.17, 15) is 4.79 Å². The van der Waals surface area contributed by atoms with E-state index in [-0.39, 0.29) is 0 Å². The van der Waals surface area contributed by atoms with Gasteiger partial charge in [-0.25, -0.2) is 4.98 Å². The fraction of sp³-hybridized carbons (Fsp3) is 0.0769. The minimum Gasteiger partial charge on any atom is -0.495 e. The number of hydrogen-bond acceptors (Lipinski definition) is 3. The Labute approximate surface area is 103 Å². The second-order valence-corrected chi connectivity index (χ2v) is 3.94. The molecule has 0 atom stereocenters. The van der Waals surface area contributed by atoms with Gasteiger partial charge in [0.2, 0.25) is 0 Å². The van der Waals surface area contributed by atoms with Crippen molar-refractivity contribution in [3.05, 3.63) is 42.2 Å². The molecule has 18 heavy (non-hydrogen) atoms. The Hall–Kier alpha value is -2.56. The molecule has 5 heteroatoms. The molecule has 2 aromatic heterocycles. The Kier molecular flexibility index (Phi) is 2.19. The number of nitrogens with zero attached hydrogens (tertiary/aromatic N) is 2. The molecule has 0 fully saturated rings. The van der Waals surface area contributed by atoms with E-state index in [1.165, 1.54) is 0 Å². The standard InChI is InChI=1S/C13H11N3O2/c1-18-10-4-2-3-8-7-9(12(14)17)13-15-5-6-16(13)11(8)10/h2-7H,1H3,(H2,14,17). The predicted molar refractivity (Wildman–Crippen MR) is 67.8 cm³/mol. The number of fused-ring (bicyclic) bond motifs is 3. The summed E-state index contributed by atoms with van der Waals surface area (Å²) in [7, 11) is 1.61. The van der Waals surface area contributed by atoms with Crippen LogP contribution < -0.4 is 10.5 Å². The first-order valence-corrected chi connectivity index (χ1v) is 5.45. The number of hydrogen-bond donors (Lipinski definition) is 1. The van der Waals surface area contributed by atoms with Crippen LogP contribution in [0.1, 0.15) is 10.4 Å². The van der Waals surface area contributed by atoms with E-state index in [2.05, 4.69) is 4.98 Å². The van der Waals surface area contributed by atoms with E-state index in [0.717, 1.165) is 16.7 Å². The lowest BCUT2D eigenvalue weighted by atomic mass is 10.1. The summed E-state index contributed by atoms with van der Waals surface area (Å²) in [6, 6.07) is 7.38. The molecule has 0 radical (unpaired) electrons. The van der Waals surface area contributed by atoms with Crippen LogP contribution in [-0.2, 0) is 0 Å². The summed E-state index contributed by atoms with van der Waals surface area (Å²) < 4.78 is 7.15. The largest absolute Gasteiger partial charge is 0.495 e. The lowest BCUT2D eigenvalue weighted by Crippen LogP contribution is -2.13. The van der Waals surface area contributed by atoms with Gasteiger partial charge in [-0.1, -0.05) is 12.1 Å². The molecule has 90 valence electrons. The zero-order valence-electron chi connectivity index (χ0n) is 9.75. The number of carbonyl (C=O) groups is 1. The quantitative estimate of drug-likeness (QED) is 0.740. The highest BCUT2D eigenvalue weighted by Gasteiger charge is 2.13. The van der Waals surface area contributed by atoms with Gasteiger partial charge in [0.05, 0.1) is 18.2 Å². The number of methoxy groups -OCH3 is 1. The Balaban J connectivity index is 2.56. The Morgan fingerprint density at radius 3 is 3.00 bits per heavy atom. The molecular weight excluding hydrogens is 230 g/mol. The van der Waals surface area contributed by atoms with Crippen molar-refractivity contribution in [2.24, 2.45) is 5.73 Å². The molecule has 5 nitrogen and oxygen atoms in total. The van der Waals surface area contributed by atoms with Gasteiger partial charge in [-0.3, -0.25) is 9.20 Å². The van der Waals surface area contributed by atoms with Crippen LogP contribution in [0.5, 0.6) is 5.75 Å². The maximum atomic E-state index is 11.4. The summed E-state index contributed by atoms with van der Waals surface area (Å²) in [4.78, 5) is 15.6. The fourth-order valence-electron chi connectivity index (χ4n) is 2.16. The van der Waals surface area contributed by atoms with Gasteiger partial charge in [0.25, 0.3) is 5.91 Å². The average molecular weight is 241 g/mol. The second-order valence-electron chi connectivity index (χ2n) is 3.94. The van der Waals surface area contributed by atoms with E-state index in [1.807, 2.05) is 22.6 Å². The fourth-order valence-corrected chi connectivity index (χ4v) is 2.16. The zero-order valence-corrected chi connectivity index (χ0v) is 9.75. The van der Waals surface area contributed by atoms with Crippen LogP contribution in [0, 0.1) is 0 Å². The number of carbonyl (C=O) groups excluding carboxylic acids is 1. The van der Waals surface area contributed by atoms with Gasteiger partial charge < -0.3 is 10.5 Å². The van der Waals surface area contributed by atoms with Gasteiger partial charge in [0, 0.05) is 17.8 Å². The average Bonchev–Trinajstić information content (AvgIpc) is 2.85. The number of para-hydroxylation sites is 1. The summed E-state index contributed by atoms with van der Waals surface area (Å²) in [5, 5.41) is 0.883. The molecule has 3 rings (SSSR count). The molecule has 0 saturated heterocycles. The van der Waals surface area contributed by atoms with E-state index >= 15 is 0 Å². The number of ether oxygens (including phenoxy) is 1. The van der Waals surface area contributed by atoms with Crippen molar-refractivity contribution < 1.29 is 9.53 Å². The van der Waals surface area contributed by atoms with Gasteiger partial charge in [0.1, 0.15) is 11.4 Å². The third-order valence-electron chi connectivity index (χ3n) is 2.94. The summed E-state index contributed by atoms with van der Waals surface area (Å²) in [6.07, 6.45) is 3.42. The number of nitrogens with two attached hydrogens (primary N) is 1. The van der Waals surface area contributed by atoms with Crippen molar-refractivity contribution >= 4 is 22.5 Å². The SMILES string of the molecule is COc1cccc2cc(C(N)=O)c3nccn3c12. The first-order valence-electron chi connectivity index (χ1n) is 5.45. The van der Waals surface area contributed by atoms with Gasteiger partial charge in [-0.15, -0.1) is 0 Å². The molecule has 0 unspecified atom stereocenters. The van der Waals surface area contributed by atoms with Crippen LogP contribution in [0.15, 0.2) is 36.7 Å². The number of aromatic nitrogens is 2. The van der Waals surface area contributed by atoms with Crippen LogP contribution in [-0.4, -0.2) is 22.4 Å². The van der Waals surface area contributed by atoms with Crippen molar-refractivity contribution in [1.29, 1.82) is 0 Å². The predicted octanol–water partition coefficient (Wildman–Crippen LogP) is 1.59. The molecule has 2 N–H and O–H groups in total. The molecular formula is C13H11N3O2. The Morgan fingerprint density at radius 1 is 1.44 bits per heavy atom. The van der Waals surface area contributed by atoms with Crippen LogP contribution in [0.3, 0.4) is 0 Å². The number of pyridine rings is 1. The van der Waals surface area contributed by atoms with E-state index in [4.69, 9.17) is 10.5 Å². The third-order valence-corrected chi connectivity index (χ3v) is 2.94. The molecule has 0 aliphatic rings. The summed E-state index contributed by atoms with van der Waals surface area (Å²) in [6.45, 7) is 0. The smallest absolute Gasteiger partial charge is 0.252 e. The van der Waals surface area contributed by atoms with Crippen molar-refractivity contribution in [3.8, 4) is 5.75 Å². The minimum absolute atomic E-state index is 0.403. The first-order chi connectivity index (χ1) is 8.72. The molecule has 0 aliphatic heterocycles. The van der Waals surface area contributed by atoms with E-state index in [0.29, 0.717) is 11.2 Å². The monoisotopic (exact) mass is 241 g/mol. The molecule has 0 bridgehead atoms.